The summed E-state index contributed by atoms with van der Waals surface area (Å²) in [6.07, 6.45) is 0.714. The van der Waals surface area contributed by atoms with E-state index in [0.29, 0.717) is 6.42 Å². The Labute approximate surface area is 121 Å². The lowest BCUT2D eigenvalue weighted by Crippen LogP contribution is -2.21. The van der Waals surface area contributed by atoms with Gasteiger partial charge in [-0.15, -0.1) is 0 Å². The zero-order valence-electron chi connectivity index (χ0n) is 11.2. The van der Waals surface area contributed by atoms with E-state index in [9.17, 15) is 4.39 Å². The van der Waals surface area contributed by atoms with Crippen molar-refractivity contribution in [3.05, 3.63) is 51.5 Å². The highest BCUT2D eigenvalue weighted by Crippen LogP contribution is 2.22. The van der Waals surface area contributed by atoms with E-state index in [1.165, 1.54) is 6.07 Å². The van der Waals surface area contributed by atoms with Crippen LogP contribution in [0.25, 0.3) is 0 Å². The molecule has 0 fully saturated rings. The van der Waals surface area contributed by atoms with Crippen LogP contribution < -0.4 is 5.32 Å². The lowest BCUT2D eigenvalue weighted by atomic mass is 10.0. The molecule has 2 aromatic rings. The monoisotopic (exact) mass is 325 g/mol. The number of hydrogen-bond donors (Lipinski definition) is 1. The number of nitrogens with zero attached hydrogens (tertiary/aromatic N) is 2. The van der Waals surface area contributed by atoms with Crippen LogP contribution >= 0.6 is 15.9 Å². The molecular formula is C14H17BrFN3. The van der Waals surface area contributed by atoms with Crippen molar-refractivity contribution >= 4 is 15.9 Å². The van der Waals surface area contributed by atoms with Crippen molar-refractivity contribution in [2.75, 3.05) is 7.05 Å². The summed E-state index contributed by atoms with van der Waals surface area (Å²) in [5.74, 6) is -0.222. The summed E-state index contributed by atoms with van der Waals surface area (Å²) in [5.41, 5.74) is 3.03. The van der Waals surface area contributed by atoms with E-state index in [-0.39, 0.29) is 11.9 Å². The SMILES string of the molecule is CNC(Cc1cc(F)cc(Br)c1)c1cc(C)nn1C. The average molecular weight is 326 g/mol. The molecule has 1 heterocycles. The molecule has 102 valence electrons. The molecular weight excluding hydrogens is 309 g/mol. The highest BCUT2D eigenvalue weighted by atomic mass is 79.9. The van der Waals surface area contributed by atoms with Crippen LogP contribution in [0.4, 0.5) is 4.39 Å². The van der Waals surface area contributed by atoms with Gasteiger partial charge in [0.25, 0.3) is 0 Å². The molecule has 0 amide bonds. The second-order valence-electron chi connectivity index (χ2n) is 4.66. The van der Waals surface area contributed by atoms with Crippen molar-refractivity contribution in [3.8, 4) is 0 Å². The maximum Gasteiger partial charge on any atom is 0.124 e. The number of benzene rings is 1. The van der Waals surface area contributed by atoms with Gasteiger partial charge in [0.2, 0.25) is 0 Å². The molecule has 0 radical (unpaired) electrons. The molecule has 5 heteroatoms. The Balaban J connectivity index is 2.26. The van der Waals surface area contributed by atoms with Crippen molar-refractivity contribution in [2.45, 2.75) is 19.4 Å². The topological polar surface area (TPSA) is 29.9 Å². The van der Waals surface area contributed by atoms with Gasteiger partial charge in [0.15, 0.2) is 0 Å². The molecule has 1 aromatic heterocycles. The lowest BCUT2D eigenvalue weighted by molar-refractivity contribution is 0.534. The fourth-order valence-corrected chi connectivity index (χ4v) is 2.79. The highest BCUT2D eigenvalue weighted by molar-refractivity contribution is 9.10. The van der Waals surface area contributed by atoms with E-state index in [1.54, 1.807) is 6.07 Å². The fourth-order valence-electron chi connectivity index (χ4n) is 2.28. The summed E-state index contributed by atoms with van der Waals surface area (Å²) in [4.78, 5) is 0. The average Bonchev–Trinajstić information content (AvgIpc) is 2.64. The molecule has 19 heavy (non-hydrogen) atoms. The molecule has 1 atom stereocenters. The quantitative estimate of drug-likeness (QED) is 0.935. The zero-order chi connectivity index (χ0) is 14.0. The maximum atomic E-state index is 13.4. The summed E-state index contributed by atoms with van der Waals surface area (Å²) in [6, 6.07) is 7.14. The van der Waals surface area contributed by atoms with Crippen molar-refractivity contribution in [1.82, 2.24) is 15.1 Å². The normalized spacial score (nSPS) is 12.7. The van der Waals surface area contributed by atoms with E-state index in [0.717, 1.165) is 21.4 Å². The minimum Gasteiger partial charge on any atom is -0.311 e. The standard InChI is InChI=1S/C14H17BrFN3/c1-9-4-14(19(3)18-9)13(17-2)7-10-5-11(15)8-12(16)6-10/h4-6,8,13,17H,7H2,1-3H3. The number of nitrogens with one attached hydrogen (secondary N) is 1. The first-order valence-corrected chi connectivity index (χ1v) is 6.91. The van der Waals surface area contributed by atoms with E-state index >= 15 is 0 Å². The number of halogens is 2. The first-order chi connectivity index (χ1) is 8.99. The summed E-state index contributed by atoms with van der Waals surface area (Å²) >= 11 is 3.32. The molecule has 0 saturated heterocycles. The third-order valence-corrected chi connectivity index (χ3v) is 3.56. The first kappa shape index (κ1) is 14.2. The molecule has 0 aliphatic carbocycles. The van der Waals surface area contributed by atoms with Crippen molar-refractivity contribution in [3.63, 3.8) is 0 Å². The molecule has 3 nitrogen and oxygen atoms in total. The molecule has 1 N–H and O–H groups in total. The molecule has 0 spiro atoms. The molecule has 0 aliphatic rings. The van der Waals surface area contributed by atoms with Crippen LogP contribution in [-0.2, 0) is 13.5 Å². The maximum absolute atomic E-state index is 13.4. The van der Waals surface area contributed by atoms with E-state index in [2.05, 4.69) is 32.4 Å². The van der Waals surface area contributed by atoms with Crippen molar-refractivity contribution in [2.24, 2.45) is 7.05 Å². The van der Waals surface area contributed by atoms with Gasteiger partial charge in [-0.05, 0) is 50.2 Å². The van der Waals surface area contributed by atoms with Gasteiger partial charge in [-0.1, -0.05) is 15.9 Å². The van der Waals surface area contributed by atoms with E-state index in [4.69, 9.17) is 0 Å². The number of likely N-dealkylation sites (N-methyl/N-ethyl adjacent to an activating group) is 1. The summed E-state index contributed by atoms with van der Waals surface area (Å²) in [6.45, 7) is 1.97. The third-order valence-electron chi connectivity index (χ3n) is 3.11. The van der Waals surface area contributed by atoms with Crippen LogP contribution in [0, 0.1) is 12.7 Å². The third kappa shape index (κ3) is 3.42. The molecule has 0 saturated carbocycles. The van der Waals surface area contributed by atoms with E-state index in [1.807, 2.05) is 31.8 Å². The van der Waals surface area contributed by atoms with Crippen molar-refractivity contribution < 1.29 is 4.39 Å². The number of aryl methyl sites for hydroxylation is 2. The van der Waals surface area contributed by atoms with Crippen LogP contribution in [0.15, 0.2) is 28.7 Å². The second kappa shape index (κ2) is 5.84. The Hall–Kier alpha value is -1.20. The van der Waals surface area contributed by atoms with Gasteiger partial charge in [0.05, 0.1) is 17.4 Å². The predicted molar refractivity (Wildman–Crippen MR) is 77.5 cm³/mol. The van der Waals surface area contributed by atoms with Crippen LogP contribution in [0.3, 0.4) is 0 Å². The van der Waals surface area contributed by atoms with Gasteiger partial charge in [-0.2, -0.15) is 5.10 Å². The fraction of sp³-hybridized carbons (Fsp3) is 0.357. The van der Waals surface area contributed by atoms with E-state index < -0.39 is 0 Å². The summed E-state index contributed by atoms with van der Waals surface area (Å²) in [7, 11) is 3.83. The number of rotatable bonds is 4. The second-order valence-corrected chi connectivity index (χ2v) is 5.57. The molecule has 1 aromatic carbocycles. The van der Waals surface area contributed by atoms with Gasteiger partial charge in [0.1, 0.15) is 5.82 Å². The van der Waals surface area contributed by atoms with Gasteiger partial charge >= 0.3 is 0 Å². The largest absolute Gasteiger partial charge is 0.311 e. The number of hydrogen-bond acceptors (Lipinski definition) is 2. The van der Waals surface area contributed by atoms with Crippen molar-refractivity contribution in [1.29, 1.82) is 0 Å². The lowest BCUT2D eigenvalue weighted by Gasteiger charge is -2.16. The minimum absolute atomic E-state index is 0.111. The molecule has 0 bridgehead atoms. The summed E-state index contributed by atoms with van der Waals surface area (Å²) in [5, 5.41) is 7.61. The zero-order valence-corrected chi connectivity index (χ0v) is 12.8. The van der Waals surface area contributed by atoms with Gasteiger partial charge in [0, 0.05) is 11.5 Å². The molecule has 0 aliphatic heterocycles. The van der Waals surface area contributed by atoms with Crippen LogP contribution in [0.5, 0.6) is 0 Å². The molecule has 2 rings (SSSR count). The molecule has 1 unspecified atom stereocenters. The Morgan fingerprint density at radius 2 is 2.11 bits per heavy atom. The van der Waals surface area contributed by atoms with Crippen LogP contribution in [0.1, 0.15) is 23.0 Å². The van der Waals surface area contributed by atoms with Gasteiger partial charge in [-0.25, -0.2) is 4.39 Å². The first-order valence-electron chi connectivity index (χ1n) is 6.12. The van der Waals surface area contributed by atoms with Crippen LogP contribution in [0.2, 0.25) is 0 Å². The Morgan fingerprint density at radius 3 is 2.63 bits per heavy atom. The predicted octanol–water partition coefficient (Wildman–Crippen LogP) is 3.13. The van der Waals surface area contributed by atoms with Crippen LogP contribution in [-0.4, -0.2) is 16.8 Å². The smallest absolute Gasteiger partial charge is 0.124 e. The number of aromatic nitrogens is 2. The Morgan fingerprint density at radius 1 is 1.37 bits per heavy atom. The Bertz CT molecular complexity index is 560. The highest BCUT2D eigenvalue weighted by Gasteiger charge is 2.15. The Kier molecular flexibility index (Phi) is 4.37. The summed E-state index contributed by atoms with van der Waals surface area (Å²) < 4.78 is 16.0. The minimum atomic E-state index is -0.222. The van der Waals surface area contributed by atoms with Gasteiger partial charge in [-0.3, -0.25) is 4.68 Å². The van der Waals surface area contributed by atoms with Gasteiger partial charge < -0.3 is 5.32 Å².